The maximum atomic E-state index is 11.8. The molecule has 1 aromatic carbocycles. The van der Waals surface area contributed by atoms with E-state index in [0.29, 0.717) is 26.6 Å². The lowest BCUT2D eigenvalue weighted by molar-refractivity contribution is 0.0957. The van der Waals surface area contributed by atoms with Gasteiger partial charge in [-0.1, -0.05) is 0 Å². The van der Waals surface area contributed by atoms with Crippen molar-refractivity contribution in [1.29, 1.82) is 0 Å². The predicted molar refractivity (Wildman–Crippen MR) is 68.5 cm³/mol. The smallest absolute Gasteiger partial charge is 0.324 e. The topological polar surface area (TPSA) is 89.5 Å². The van der Waals surface area contributed by atoms with E-state index < -0.39 is 6.03 Å². The van der Waals surface area contributed by atoms with Gasteiger partial charge in [-0.3, -0.25) is 9.36 Å². The normalized spacial score (nSPS) is 13.5. The molecule has 2 amide bonds. The molecule has 0 bridgehead atoms. The van der Waals surface area contributed by atoms with Gasteiger partial charge in [0.15, 0.2) is 0 Å². The number of amides is 2. The zero-order valence-electron chi connectivity index (χ0n) is 8.90. The van der Waals surface area contributed by atoms with Crippen LogP contribution in [0, 0.1) is 6.07 Å². The van der Waals surface area contributed by atoms with Crippen LogP contribution < -0.4 is 11.2 Å². The Morgan fingerprint density at radius 3 is 3.00 bits per heavy atom. The fourth-order valence-electron chi connectivity index (χ4n) is 2.00. The highest BCUT2D eigenvalue weighted by atomic mass is 79.9. The first-order chi connectivity index (χ1) is 8.61. The van der Waals surface area contributed by atoms with E-state index in [9.17, 15) is 9.59 Å². The van der Waals surface area contributed by atoms with Crippen molar-refractivity contribution in [2.75, 3.05) is 0 Å². The van der Waals surface area contributed by atoms with Gasteiger partial charge in [-0.05, 0) is 34.1 Å². The lowest BCUT2D eigenvalue weighted by Gasteiger charge is -2.02. The van der Waals surface area contributed by atoms with E-state index in [4.69, 9.17) is 5.73 Å². The number of aromatic nitrogens is 1. The summed E-state index contributed by atoms with van der Waals surface area (Å²) in [6.45, 7) is 0. The Morgan fingerprint density at radius 1 is 1.50 bits per heavy atom. The quantitative estimate of drug-likeness (QED) is 0.766. The molecule has 2 aromatic rings. The van der Waals surface area contributed by atoms with Gasteiger partial charge in [0, 0.05) is 10.9 Å². The second-order valence-electron chi connectivity index (χ2n) is 3.71. The Hall–Kier alpha value is -2.15. The summed E-state index contributed by atoms with van der Waals surface area (Å²) in [5.41, 5.74) is 9.26. The van der Waals surface area contributed by atoms with Gasteiger partial charge in [0.05, 0.1) is 17.3 Å². The number of hydrogen-bond donors (Lipinski definition) is 2. The van der Waals surface area contributed by atoms with Crippen LogP contribution in [0.3, 0.4) is 0 Å². The highest BCUT2D eigenvalue weighted by Crippen LogP contribution is 2.32. The number of halogens is 1. The Labute approximate surface area is 110 Å². The van der Waals surface area contributed by atoms with Crippen LogP contribution in [0.25, 0.3) is 10.9 Å². The van der Waals surface area contributed by atoms with Crippen LogP contribution in [0.1, 0.15) is 15.9 Å². The molecular formula is C11H6BrN4O2. The van der Waals surface area contributed by atoms with Crippen molar-refractivity contribution in [3.05, 3.63) is 33.9 Å². The molecule has 0 saturated carbocycles. The number of rotatable bonds is 0. The summed E-state index contributed by atoms with van der Waals surface area (Å²) in [6, 6.07) is 5.33. The summed E-state index contributed by atoms with van der Waals surface area (Å²) in [5.74, 6) is -0.346. The van der Waals surface area contributed by atoms with Crippen molar-refractivity contribution in [2.45, 2.75) is 0 Å². The van der Waals surface area contributed by atoms with Crippen molar-refractivity contribution < 1.29 is 9.59 Å². The first-order valence-corrected chi connectivity index (χ1v) is 5.77. The standard InChI is InChI=1S/C11H6BrN4O2/c12-9-6-4-14-15-10(17)5-2-1-3-7(8(5)6)16(9)11(13)18/h2-4H,(H2,13,18)(H,15,17). The van der Waals surface area contributed by atoms with Crippen LogP contribution in [-0.4, -0.2) is 22.7 Å². The molecule has 1 aliphatic heterocycles. The van der Waals surface area contributed by atoms with Gasteiger partial charge in [0.1, 0.15) is 4.60 Å². The molecule has 6 nitrogen and oxygen atoms in total. The number of hydrazone groups is 1. The SMILES string of the molecule is NC(=O)n1c(Br)c2c3c(c[c]cc31)C(=O)NN=C2. The number of hydrogen-bond acceptors (Lipinski definition) is 3. The number of nitrogens with two attached hydrogens (primary N) is 1. The second-order valence-corrected chi connectivity index (χ2v) is 4.46. The predicted octanol–water partition coefficient (Wildman–Crippen LogP) is 1.21. The highest BCUT2D eigenvalue weighted by molar-refractivity contribution is 9.10. The van der Waals surface area contributed by atoms with Crippen molar-refractivity contribution in [3.63, 3.8) is 0 Å². The molecule has 1 aliphatic rings. The molecule has 1 radical (unpaired) electrons. The summed E-state index contributed by atoms with van der Waals surface area (Å²) in [6.07, 6.45) is 1.47. The minimum absolute atomic E-state index is 0.346. The van der Waals surface area contributed by atoms with Crippen LogP contribution in [0.5, 0.6) is 0 Å². The molecule has 0 saturated heterocycles. The second kappa shape index (κ2) is 3.67. The molecule has 18 heavy (non-hydrogen) atoms. The van der Waals surface area contributed by atoms with E-state index in [-0.39, 0.29) is 5.91 Å². The average Bonchev–Trinajstić information content (AvgIpc) is 2.50. The molecular weight excluding hydrogens is 300 g/mol. The van der Waals surface area contributed by atoms with Gasteiger partial charge in [0.25, 0.3) is 5.91 Å². The first kappa shape index (κ1) is 11.0. The number of nitrogens with one attached hydrogen (secondary N) is 1. The lowest BCUT2D eigenvalue weighted by atomic mass is 10.1. The van der Waals surface area contributed by atoms with Gasteiger partial charge in [-0.25, -0.2) is 10.2 Å². The number of primary amides is 1. The number of benzene rings is 1. The monoisotopic (exact) mass is 305 g/mol. The zero-order chi connectivity index (χ0) is 12.9. The summed E-state index contributed by atoms with van der Waals surface area (Å²) in [7, 11) is 0. The third-order valence-corrected chi connectivity index (χ3v) is 3.51. The van der Waals surface area contributed by atoms with E-state index in [2.05, 4.69) is 32.5 Å². The highest BCUT2D eigenvalue weighted by Gasteiger charge is 2.23. The molecule has 1 aromatic heterocycles. The summed E-state index contributed by atoms with van der Waals surface area (Å²) in [4.78, 5) is 23.3. The molecule has 3 N–H and O–H groups in total. The minimum atomic E-state index is -0.641. The molecule has 0 aliphatic carbocycles. The zero-order valence-corrected chi connectivity index (χ0v) is 10.5. The van der Waals surface area contributed by atoms with Crippen LogP contribution in [0.4, 0.5) is 4.79 Å². The van der Waals surface area contributed by atoms with Gasteiger partial charge in [-0.2, -0.15) is 5.10 Å². The summed E-state index contributed by atoms with van der Waals surface area (Å²) in [5, 5.41) is 4.41. The molecule has 2 heterocycles. The molecule has 3 rings (SSSR count). The van der Waals surface area contributed by atoms with Crippen LogP contribution in [0.15, 0.2) is 21.8 Å². The van der Waals surface area contributed by atoms with E-state index in [1.165, 1.54) is 10.8 Å². The maximum absolute atomic E-state index is 11.8. The average molecular weight is 306 g/mol. The fraction of sp³-hybridized carbons (Fsp3) is 0. The van der Waals surface area contributed by atoms with Crippen LogP contribution in [-0.2, 0) is 0 Å². The molecule has 7 heteroatoms. The Kier molecular flexibility index (Phi) is 2.24. The molecule has 0 fully saturated rings. The maximum Gasteiger partial charge on any atom is 0.324 e. The van der Waals surface area contributed by atoms with Crippen LogP contribution >= 0.6 is 15.9 Å². The summed E-state index contributed by atoms with van der Waals surface area (Å²) >= 11 is 3.30. The number of nitrogens with zero attached hydrogens (tertiary/aromatic N) is 2. The fourth-order valence-corrected chi connectivity index (χ4v) is 2.67. The largest absolute Gasteiger partial charge is 0.351 e. The number of carbonyl (C=O) groups excluding carboxylic acids is 2. The van der Waals surface area contributed by atoms with E-state index in [1.54, 1.807) is 12.1 Å². The van der Waals surface area contributed by atoms with Crippen molar-refractivity contribution in [1.82, 2.24) is 9.99 Å². The summed E-state index contributed by atoms with van der Waals surface area (Å²) < 4.78 is 1.74. The third kappa shape index (κ3) is 1.31. The van der Waals surface area contributed by atoms with Crippen molar-refractivity contribution in [3.8, 4) is 0 Å². The van der Waals surface area contributed by atoms with Crippen molar-refractivity contribution >= 4 is 45.0 Å². The Balaban J connectivity index is 2.56. The van der Waals surface area contributed by atoms with Crippen LogP contribution in [0.2, 0.25) is 0 Å². The Morgan fingerprint density at radius 2 is 2.28 bits per heavy atom. The van der Waals surface area contributed by atoms with Gasteiger partial charge >= 0.3 is 6.03 Å². The first-order valence-electron chi connectivity index (χ1n) is 4.98. The van der Waals surface area contributed by atoms with Gasteiger partial charge in [0.2, 0.25) is 0 Å². The lowest BCUT2D eigenvalue weighted by Crippen LogP contribution is -2.20. The minimum Gasteiger partial charge on any atom is -0.351 e. The molecule has 0 spiro atoms. The van der Waals surface area contributed by atoms with Gasteiger partial charge < -0.3 is 5.73 Å². The number of carbonyl (C=O) groups is 2. The van der Waals surface area contributed by atoms with E-state index in [1.807, 2.05) is 0 Å². The van der Waals surface area contributed by atoms with E-state index in [0.717, 1.165) is 0 Å². The third-order valence-electron chi connectivity index (χ3n) is 2.73. The molecule has 0 atom stereocenters. The van der Waals surface area contributed by atoms with E-state index >= 15 is 0 Å². The Bertz CT molecular complexity index is 732. The molecule has 89 valence electrons. The molecule has 0 unspecified atom stereocenters. The van der Waals surface area contributed by atoms with Crippen molar-refractivity contribution in [2.24, 2.45) is 10.8 Å². The van der Waals surface area contributed by atoms with Gasteiger partial charge in [-0.15, -0.1) is 0 Å².